The molecular formula is C10H15NO2Si. The van der Waals surface area contributed by atoms with E-state index in [0.717, 1.165) is 0 Å². The van der Waals surface area contributed by atoms with Crippen LogP contribution in [-0.2, 0) is 10.0 Å². The van der Waals surface area contributed by atoms with Crippen molar-refractivity contribution in [2.45, 2.75) is 32.2 Å². The highest BCUT2D eigenvalue weighted by Gasteiger charge is 2.35. The molecule has 14 heavy (non-hydrogen) atoms. The number of rotatable bonds is 3. The lowest BCUT2D eigenvalue weighted by atomic mass is 10.1. The lowest BCUT2D eigenvalue weighted by molar-refractivity contribution is 0.113. The number of hydrogen-bond acceptors (Lipinski definition) is 3. The van der Waals surface area contributed by atoms with Gasteiger partial charge in [-0.25, -0.2) is 0 Å². The Morgan fingerprint density at radius 1 is 1.50 bits per heavy atom. The fourth-order valence-electron chi connectivity index (χ4n) is 1.29. The van der Waals surface area contributed by atoms with Crippen LogP contribution in [0.2, 0.25) is 19.6 Å². The zero-order valence-corrected chi connectivity index (χ0v) is 10.00. The molecule has 1 heterocycles. The van der Waals surface area contributed by atoms with Gasteiger partial charge in [-0.05, 0) is 38.7 Å². The summed E-state index contributed by atoms with van der Waals surface area (Å²) in [6, 6.07) is 5.69. The minimum absolute atomic E-state index is 0.572. The molecule has 0 aliphatic carbocycles. The first kappa shape index (κ1) is 11.0. The number of hydrogen-bond donors (Lipinski definition) is 0. The van der Waals surface area contributed by atoms with Crippen LogP contribution < -0.4 is 0 Å². The molecule has 76 valence electrons. The van der Waals surface area contributed by atoms with Crippen molar-refractivity contribution in [2.75, 3.05) is 0 Å². The van der Waals surface area contributed by atoms with Gasteiger partial charge in [0, 0.05) is 0 Å². The first-order valence-electron chi connectivity index (χ1n) is 4.53. The van der Waals surface area contributed by atoms with Crippen LogP contribution in [0.1, 0.15) is 12.7 Å². The highest BCUT2D eigenvalue weighted by molar-refractivity contribution is 6.69. The Bertz CT molecular complexity index is 334. The SMILES string of the molecule is C[C@](C#N)(O[Si](C)(C)C)c1ccco1. The molecule has 0 amide bonds. The van der Waals surface area contributed by atoms with E-state index in [0.29, 0.717) is 5.76 Å². The average molecular weight is 209 g/mol. The second-order valence-corrected chi connectivity index (χ2v) is 8.77. The van der Waals surface area contributed by atoms with E-state index in [9.17, 15) is 0 Å². The average Bonchev–Trinajstić information content (AvgIpc) is 2.53. The van der Waals surface area contributed by atoms with Gasteiger partial charge < -0.3 is 8.84 Å². The molecule has 0 aliphatic rings. The summed E-state index contributed by atoms with van der Waals surface area (Å²) in [6.07, 6.45) is 1.55. The van der Waals surface area contributed by atoms with Crippen LogP contribution in [0.15, 0.2) is 22.8 Å². The molecule has 4 heteroatoms. The van der Waals surface area contributed by atoms with E-state index in [2.05, 4.69) is 6.07 Å². The van der Waals surface area contributed by atoms with Crippen molar-refractivity contribution in [1.29, 1.82) is 5.26 Å². The molecule has 0 aromatic carbocycles. The Kier molecular flexibility index (Phi) is 2.83. The van der Waals surface area contributed by atoms with E-state index in [1.165, 1.54) is 0 Å². The zero-order valence-electron chi connectivity index (χ0n) is 9.00. The lowest BCUT2D eigenvalue weighted by Gasteiger charge is -2.28. The molecule has 0 bridgehead atoms. The number of nitrogens with zero attached hydrogens (tertiary/aromatic N) is 1. The third-order valence-electron chi connectivity index (χ3n) is 1.72. The van der Waals surface area contributed by atoms with E-state index >= 15 is 0 Å². The summed E-state index contributed by atoms with van der Waals surface area (Å²) >= 11 is 0. The molecule has 3 nitrogen and oxygen atoms in total. The van der Waals surface area contributed by atoms with E-state index in [4.69, 9.17) is 14.1 Å². The van der Waals surface area contributed by atoms with E-state index in [1.54, 1.807) is 25.3 Å². The lowest BCUT2D eigenvalue weighted by Crippen LogP contribution is -2.37. The van der Waals surface area contributed by atoms with E-state index in [1.807, 2.05) is 19.6 Å². The molecule has 0 saturated heterocycles. The molecule has 1 rings (SSSR count). The summed E-state index contributed by atoms with van der Waals surface area (Å²) in [5.41, 5.74) is -0.950. The van der Waals surface area contributed by atoms with Gasteiger partial charge in [-0.2, -0.15) is 5.26 Å². The smallest absolute Gasteiger partial charge is 0.200 e. The molecule has 1 atom stereocenters. The maximum Gasteiger partial charge on any atom is 0.200 e. The molecule has 0 saturated carbocycles. The van der Waals surface area contributed by atoms with Crippen molar-refractivity contribution in [3.8, 4) is 6.07 Å². The molecule has 0 unspecified atom stereocenters. The summed E-state index contributed by atoms with van der Waals surface area (Å²) < 4.78 is 11.0. The monoisotopic (exact) mass is 209 g/mol. The van der Waals surface area contributed by atoms with Gasteiger partial charge in [0.1, 0.15) is 11.8 Å². The number of nitriles is 1. The highest BCUT2D eigenvalue weighted by atomic mass is 28.4. The van der Waals surface area contributed by atoms with Crippen LogP contribution in [-0.4, -0.2) is 8.32 Å². The van der Waals surface area contributed by atoms with Gasteiger partial charge in [-0.1, -0.05) is 0 Å². The van der Waals surface area contributed by atoms with E-state index in [-0.39, 0.29) is 0 Å². The Morgan fingerprint density at radius 2 is 2.14 bits per heavy atom. The summed E-state index contributed by atoms with van der Waals surface area (Å²) in [6.45, 7) is 7.88. The maximum absolute atomic E-state index is 9.11. The van der Waals surface area contributed by atoms with Crippen molar-refractivity contribution >= 4 is 8.32 Å². The Hall–Kier alpha value is -1.05. The first-order chi connectivity index (χ1) is 6.37. The van der Waals surface area contributed by atoms with Crippen LogP contribution in [0.25, 0.3) is 0 Å². The predicted octanol–water partition coefficient (Wildman–Crippen LogP) is 2.87. The minimum atomic E-state index is -1.75. The Balaban J connectivity index is 2.95. The van der Waals surface area contributed by atoms with Crippen molar-refractivity contribution in [2.24, 2.45) is 0 Å². The van der Waals surface area contributed by atoms with Gasteiger partial charge in [0.15, 0.2) is 13.9 Å². The Morgan fingerprint density at radius 3 is 2.50 bits per heavy atom. The molecule has 0 fully saturated rings. The molecule has 1 aromatic rings. The quantitative estimate of drug-likeness (QED) is 0.719. The summed E-state index contributed by atoms with van der Waals surface area (Å²) in [4.78, 5) is 0. The van der Waals surface area contributed by atoms with Gasteiger partial charge in [0.2, 0.25) is 0 Å². The van der Waals surface area contributed by atoms with Gasteiger partial charge >= 0.3 is 0 Å². The van der Waals surface area contributed by atoms with Crippen molar-refractivity contribution in [3.63, 3.8) is 0 Å². The third-order valence-corrected chi connectivity index (χ3v) is 2.74. The molecular weight excluding hydrogens is 194 g/mol. The van der Waals surface area contributed by atoms with Gasteiger partial charge in [0.25, 0.3) is 0 Å². The third kappa shape index (κ3) is 2.47. The normalized spacial score (nSPS) is 15.9. The second-order valence-electron chi connectivity index (χ2n) is 4.34. The van der Waals surface area contributed by atoms with Gasteiger partial charge in [-0.3, -0.25) is 0 Å². The van der Waals surface area contributed by atoms with Crippen LogP contribution >= 0.6 is 0 Å². The Labute approximate surface area is 85.4 Å². The highest BCUT2D eigenvalue weighted by Crippen LogP contribution is 2.28. The summed E-state index contributed by atoms with van der Waals surface area (Å²) in [5.74, 6) is 0.572. The molecule has 0 aliphatic heterocycles. The molecule has 0 radical (unpaired) electrons. The van der Waals surface area contributed by atoms with Gasteiger partial charge in [0.05, 0.1) is 6.26 Å². The molecule has 0 N–H and O–H groups in total. The first-order valence-corrected chi connectivity index (χ1v) is 7.94. The van der Waals surface area contributed by atoms with Crippen molar-refractivity contribution in [3.05, 3.63) is 24.2 Å². The zero-order chi connectivity index (χ0) is 10.8. The van der Waals surface area contributed by atoms with Crippen LogP contribution in [0.4, 0.5) is 0 Å². The van der Waals surface area contributed by atoms with Crippen LogP contribution in [0.3, 0.4) is 0 Å². The topological polar surface area (TPSA) is 46.2 Å². The summed E-state index contributed by atoms with van der Waals surface area (Å²) in [7, 11) is -1.75. The standard InChI is InChI=1S/C10H15NO2Si/c1-10(8-11,13-14(2,3)4)9-6-5-7-12-9/h5-7H,1-4H3/t10-/m1/s1. The van der Waals surface area contributed by atoms with Crippen molar-refractivity contribution < 1.29 is 8.84 Å². The van der Waals surface area contributed by atoms with E-state index < -0.39 is 13.9 Å². The largest absolute Gasteiger partial charge is 0.465 e. The van der Waals surface area contributed by atoms with Crippen molar-refractivity contribution in [1.82, 2.24) is 0 Å². The summed E-state index contributed by atoms with van der Waals surface area (Å²) in [5, 5.41) is 9.11. The fourth-order valence-corrected chi connectivity index (χ4v) is 2.66. The second kappa shape index (κ2) is 3.60. The minimum Gasteiger partial charge on any atom is -0.465 e. The number of furan rings is 1. The fraction of sp³-hybridized carbons (Fsp3) is 0.500. The van der Waals surface area contributed by atoms with Crippen LogP contribution in [0, 0.1) is 11.3 Å². The maximum atomic E-state index is 9.11. The molecule has 0 spiro atoms. The van der Waals surface area contributed by atoms with Crippen LogP contribution in [0.5, 0.6) is 0 Å². The predicted molar refractivity (Wildman–Crippen MR) is 56.1 cm³/mol. The molecule has 1 aromatic heterocycles. The van der Waals surface area contributed by atoms with Gasteiger partial charge in [-0.15, -0.1) is 0 Å².